The van der Waals surface area contributed by atoms with E-state index in [1.54, 1.807) is 7.11 Å². The van der Waals surface area contributed by atoms with Gasteiger partial charge in [0.1, 0.15) is 0 Å². The van der Waals surface area contributed by atoms with Gasteiger partial charge in [0.2, 0.25) is 0 Å². The summed E-state index contributed by atoms with van der Waals surface area (Å²) in [6, 6.07) is 0.374. The van der Waals surface area contributed by atoms with E-state index in [0.717, 1.165) is 64.4 Å². The van der Waals surface area contributed by atoms with Crippen LogP contribution in [0.4, 0.5) is 0 Å². The number of rotatable bonds is 7. The average Bonchev–Trinajstić information content (AvgIpc) is 2.59. The molecule has 1 saturated carbocycles. The van der Waals surface area contributed by atoms with Crippen LogP contribution in [0.3, 0.4) is 0 Å². The van der Waals surface area contributed by atoms with Crippen molar-refractivity contribution in [1.82, 2.24) is 15.5 Å². The van der Waals surface area contributed by atoms with Crippen LogP contribution in [-0.2, 0) is 4.74 Å². The summed E-state index contributed by atoms with van der Waals surface area (Å²) in [6.07, 6.45) is 3.76. The van der Waals surface area contributed by atoms with E-state index in [-0.39, 0.29) is 17.1 Å². The smallest absolute Gasteiger partial charge is 0.191 e. The lowest BCUT2D eigenvalue weighted by Gasteiger charge is -2.59. The lowest BCUT2D eigenvalue weighted by atomic mass is 9.56. The summed E-state index contributed by atoms with van der Waals surface area (Å²) in [5.74, 6) is 0.910. The predicted molar refractivity (Wildman–Crippen MR) is 103 cm³/mol. The van der Waals surface area contributed by atoms with Crippen molar-refractivity contribution >= 4 is 5.96 Å². The fraction of sp³-hybridized carbons (Fsp3) is 0.947. The molecule has 146 valence electrons. The molecule has 0 aromatic rings. The molecule has 0 bridgehead atoms. The molecule has 6 heteroatoms. The molecule has 0 radical (unpaired) electrons. The first-order chi connectivity index (χ1) is 11.8. The number of nitrogens with zero attached hydrogens (tertiary/aromatic N) is 2. The zero-order chi connectivity index (χ0) is 18.5. The van der Waals surface area contributed by atoms with E-state index in [4.69, 9.17) is 9.73 Å². The van der Waals surface area contributed by atoms with Crippen molar-refractivity contribution in [1.29, 1.82) is 0 Å². The summed E-state index contributed by atoms with van der Waals surface area (Å²) < 4.78 is 5.71. The second-order valence-corrected chi connectivity index (χ2v) is 8.24. The van der Waals surface area contributed by atoms with Crippen LogP contribution in [0.15, 0.2) is 4.99 Å². The van der Waals surface area contributed by atoms with Gasteiger partial charge in [0.15, 0.2) is 5.96 Å². The van der Waals surface area contributed by atoms with E-state index < -0.39 is 0 Å². The summed E-state index contributed by atoms with van der Waals surface area (Å²) in [6.45, 7) is 13.6. The van der Waals surface area contributed by atoms with Gasteiger partial charge in [-0.25, -0.2) is 0 Å². The third-order valence-electron chi connectivity index (χ3n) is 6.39. The fourth-order valence-corrected chi connectivity index (χ4v) is 3.84. The second-order valence-electron chi connectivity index (χ2n) is 8.24. The van der Waals surface area contributed by atoms with Crippen molar-refractivity contribution in [2.75, 3.05) is 39.8 Å². The Bertz CT molecular complexity index is 447. The number of hydrogen-bond acceptors (Lipinski definition) is 4. The quantitative estimate of drug-likeness (QED) is 0.368. The Morgan fingerprint density at radius 3 is 2.52 bits per heavy atom. The number of aliphatic hydroxyl groups is 1. The van der Waals surface area contributed by atoms with Gasteiger partial charge >= 0.3 is 0 Å². The van der Waals surface area contributed by atoms with Gasteiger partial charge in [0.05, 0.1) is 11.7 Å². The maximum Gasteiger partial charge on any atom is 0.191 e. The molecular formula is C19H38N4O2. The molecule has 1 heterocycles. The maximum atomic E-state index is 9.57. The molecule has 1 saturated heterocycles. The second kappa shape index (κ2) is 8.69. The van der Waals surface area contributed by atoms with Crippen LogP contribution in [0.25, 0.3) is 0 Å². The molecule has 2 fully saturated rings. The molecule has 25 heavy (non-hydrogen) atoms. The highest BCUT2D eigenvalue weighted by Crippen LogP contribution is 2.51. The lowest BCUT2D eigenvalue weighted by molar-refractivity contribution is -0.176. The van der Waals surface area contributed by atoms with Gasteiger partial charge in [-0.3, -0.25) is 4.99 Å². The minimum atomic E-state index is -0.0950. The van der Waals surface area contributed by atoms with Gasteiger partial charge in [0, 0.05) is 44.7 Å². The maximum absolute atomic E-state index is 9.57. The van der Waals surface area contributed by atoms with Crippen molar-refractivity contribution < 1.29 is 9.84 Å². The number of nitrogens with one attached hydrogen (secondary N) is 2. The minimum Gasteiger partial charge on any atom is -0.393 e. The molecule has 0 spiro atoms. The normalized spacial score (nSPS) is 30.8. The highest BCUT2D eigenvalue weighted by molar-refractivity contribution is 5.80. The molecule has 3 N–H and O–H groups in total. The Morgan fingerprint density at radius 1 is 1.28 bits per heavy atom. The van der Waals surface area contributed by atoms with Crippen molar-refractivity contribution in [3.05, 3.63) is 0 Å². The van der Waals surface area contributed by atoms with Crippen LogP contribution in [0.2, 0.25) is 0 Å². The summed E-state index contributed by atoms with van der Waals surface area (Å²) in [5, 5.41) is 16.5. The van der Waals surface area contributed by atoms with E-state index in [9.17, 15) is 5.11 Å². The van der Waals surface area contributed by atoms with Crippen LogP contribution in [-0.4, -0.2) is 73.5 Å². The van der Waals surface area contributed by atoms with Gasteiger partial charge in [-0.1, -0.05) is 13.8 Å². The zero-order valence-corrected chi connectivity index (χ0v) is 16.8. The summed E-state index contributed by atoms with van der Waals surface area (Å²) in [7, 11) is 1.80. The Morgan fingerprint density at radius 2 is 1.96 bits per heavy atom. The van der Waals surface area contributed by atoms with E-state index in [1.807, 2.05) is 0 Å². The first kappa shape index (κ1) is 20.5. The molecule has 2 unspecified atom stereocenters. The van der Waals surface area contributed by atoms with E-state index >= 15 is 0 Å². The lowest BCUT2D eigenvalue weighted by Crippen LogP contribution is -2.69. The number of ether oxygens (including phenoxy) is 1. The van der Waals surface area contributed by atoms with Crippen LogP contribution in [0, 0.1) is 5.41 Å². The Labute approximate surface area is 153 Å². The number of aliphatic imine (C=N–C) groups is 1. The highest BCUT2D eigenvalue weighted by Gasteiger charge is 2.58. The Balaban J connectivity index is 1.77. The van der Waals surface area contributed by atoms with Crippen LogP contribution >= 0.6 is 0 Å². The molecule has 0 aromatic heterocycles. The molecule has 0 amide bonds. The standard InChI is InChI=1S/C19H38N4O2/c1-6-20-17(22-16-14-19(4,25-5)18(16,2)3)21-10-7-11-23-12-8-15(24)9-13-23/h15-16,24H,6-14H2,1-5H3,(H2,20,21,22). The molecule has 1 aliphatic heterocycles. The van der Waals surface area contributed by atoms with Gasteiger partial charge in [-0.15, -0.1) is 0 Å². The summed E-state index contributed by atoms with van der Waals surface area (Å²) in [5.41, 5.74) is 0.00734. The highest BCUT2D eigenvalue weighted by atomic mass is 16.5. The number of methoxy groups -OCH3 is 1. The van der Waals surface area contributed by atoms with Crippen molar-refractivity contribution in [3.8, 4) is 0 Å². The summed E-state index contributed by atoms with van der Waals surface area (Å²) in [4.78, 5) is 7.18. The van der Waals surface area contributed by atoms with E-state index in [0.29, 0.717) is 6.04 Å². The van der Waals surface area contributed by atoms with E-state index in [1.165, 1.54) is 0 Å². The van der Waals surface area contributed by atoms with Gasteiger partial charge in [-0.2, -0.15) is 0 Å². The van der Waals surface area contributed by atoms with Crippen molar-refractivity contribution in [2.45, 2.75) is 71.1 Å². The third kappa shape index (κ3) is 4.86. The predicted octanol–water partition coefficient (Wildman–Crippen LogP) is 1.59. The van der Waals surface area contributed by atoms with Gasteiger partial charge in [0.25, 0.3) is 0 Å². The molecular weight excluding hydrogens is 316 g/mol. The Kier molecular flexibility index (Phi) is 7.11. The van der Waals surface area contributed by atoms with Gasteiger partial charge < -0.3 is 25.4 Å². The number of piperidine rings is 1. The zero-order valence-electron chi connectivity index (χ0n) is 16.8. The fourth-order valence-electron chi connectivity index (χ4n) is 3.84. The minimum absolute atomic E-state index is 0.0686. The molecule has 1 aliphatic carbocycles. The van der Waals surface area contributed by atoms with E-state index in [2.05, 4.69) is 43.2 Å². The first-order valence-corrected chi connectivity index (χ1v) is 9.83. The van der Waals surface area contributed by atoms with Crippen LogP contribution in [0.1, 0.15) is 53.4 Å². The molecule has 2 rings (SSSR count). The van der Waals surface area contributed by atoms with Crippen molar-refractivity contribution in [2.24, 2.45) is 10.4 Å². The topological polar surface area (TPSA) is 69.1 Å². The first-order valence-electron chi connectivity index (χ1n) is 9.83. The Hall–Kier alpha value is -0.850. The monoisotopic (exact) mass is 354 g/mol. The molecule has 2 aliphatic rings. The number of guanidine groups is 1. The van der Waals surface area contributed by atoms with Gasteiger partial charge in [-0.05, 0) is 46.1 Å². The molecule has 0 aromatic carbocycles. The number of likely N-dealkylation sites (tertiary alicyclic amines) is 1. The van der Waals surface area contributed by atoms with Crippen LogP contribution < -0.4 is 10.6 Å². The van der Waals surface area contributed by atoms with Crippen molar-refractivity contribution in [3.63, 3.8) is 0 Å². The largest absolute Gasteiger partial charge is 0.393 e. The average molecular weight is 355 g/mol. The SMILES string of the molecule is CCNC(=NCCCN1CCC(O)CC1)NC1CC(C)(OC)C1(C)C. The van der Waals surface area contributed by atoms with Crippen LogP contribution in [0.5, 0.6) is 0 Å². The number of aliphatic hydroxyl groups excluding tert-OH is 1. The summed E-state index contributed by atoms with van der Waals surface area (Å²) >= 11 is 0. The molecule has 2 atom stereocenters. The number of hydrogen-bond donors (Lipinski definition) is 3. The third-order valence-corrected chi connectivity index (χ3v) is 6.39. The molecule has 6 nitrogen and oxygen atoms in total.